The number of carbonyl (C=O) groups is 1. The molecule has 2 rings (SSSR count). The minimum absolute atomic E-state index is 0.0488. The first-order chi connectivity index (χ1) is 10.4. The fourth-order valence-corrected chi connectivity index (χ4v) is 2.04. The highest BCUT2D eigenvalue weighted by Crippen LogP contribution is 2.29. The molecule has 0 aliphatic heterocycles. The Morgan fingerprint density at radius 1 is 1.32 bits per heavy atom. The lowest BCUT2D eigenvalue weighted by Gasteiger charge is -2.09. The van der Waals surface area contributed by atoms with Crippen molar-refractivity contribution >= 4 is 5.91 Å². The van der Waals surface area contributed by atoms with Gasteiger partial charge in [0.05, 0.1) is 12.0 Å². The predicted octanol–water partition coefficient (Wildman–Crippen LogP) is 3.18. The maximum Gasteiger partial charge on any atom is 0.416 e. The average Bonchev–Trinajstić information content (AvgIpc) is 3.26. The highest BCUT2D eigenvalue weighted by molar-refractivity contribution is 5.78. The van der Waals surface area contributed by atoms with E-state index in [1.54, 1.807) is 0 Å². The van der Waals surface area contributed by atoms with Gasteiger partial charge in [-0.3, -0.25) is 4.79 Å². The molecule has 0 unspecified atom stereocenters. The Morgan fingerprint density at radius 2 is 2.09 bits per heavy atom. The number of hydrogen-bond donors (Lipinski definition) is 1. The number of rotatable bonds is 8. The third-order valence-electron chi connectivity index (χ3n) is 3.46. The molecule has 0 spiro atoms. The quantitative estimate of drug-likeness (QED) is 0.748. The van der Waals surface area contributed by atoms with Crippen LogP contribution in [-0.4, -0.2) is 25.7 Å². The minimum Gasteiger partial charge on any atom is -0.381 e. The number of benzene rings is 1. The molecule has 22 heavy (non-hydrogen) atoms. The molecule has 1 amide bonds. The lowest BCUT2D eigenvalue weighted by atomic mass is 10.1. The van der Waals surface area contributed by atoms with Crippen LogP contribution in [0.15, 0.2) is 24.3 Å². The Kier molecular flexibility index (Phi) is 5.83. The van der Waals surface area contributed by atoms with Crippen molar-refractivity contribution in [1.29, 1.82) is 0 Å². The van der Waals surface area contributed by atoms with Gasteiger partial charge >= 0.3 is 6.18 Å². The van der Waals surface area contributed by atoms with E-state index < -0.39 is 11.7 Å². The van der Waals surface area contributed by atoms with Gasteiger partial charge in [0.25, 0.3) is 0 Å². The summed E-state index contributed by atoms with van der Waals surface area (Å²) < 4.78 is 43.2. The van der Waals surface area contributed by atoms with Gasteiger partial charge in [0.1, 0.15) is 0 Å². The predicted molar refractivity (Wildman–Crippen MR) is 76.3 cm³/mol. The summed E-state index contributed by atoms with van der Waals surface area (Å²) in [4.78, 5) is 11.7. The maximum atomic E-state index is 12.6. The molecule has 6 heteroatoms. The van der Waals surface area contributed by atoms with Crippen LogP contribution in [0.3, 0.4) is 0 Å². The first-order valence-corrected chi connectivity index (χ1v) is 7.46. The summed E-state index contributed by atoms with van der Waals surface area (Å²) in [6, 6.07) is 4.85. The lowest BCUT2D eigenvalue weighted by Crippen LogP contribution is -2.27. The molecule has 3 nitrogen and oxygen atoms in total. The topological polar surface area (TPSA) is 38.3 Å². The standard InChI is InChI=1S/C16H20F3NO2/c17-16(18,19)14-4-1-3-13(9-14)10-15(21)20-7-2-8-22-11-12-5-6-12/h1,3-4,9,12H,2,5-8,10-11H2,(H,20,21). The lowest BCUT2D eigenvalue weighted by molar-refractivity contribution is -0.137. The van der Waals surface area contributed by atoms with Crippen LogP contribution >= 0.6 is 0 Å². The molecule has 0 heterocycles. The molecule has 1 aliphatic rings. The van der Waals surface area contributed by atoms with E-state index in [2.05, 4.69) is 5.32 Å². The van der Waals surface area contributed by atoms with E-state index in [4.69, 9.17) is 4.74 Å². The van der Waals surface area contributed by atoms with Crippen LogP contribution in [0, 0.1) is 5.92 Å². The Labute approximate surface area is 127 Å². The number of amides is 1. The van der Waals surface area contributed by atoms with Crippen LogP contribution in [0.1, 0.15) is 30.4 Å². The number of carbonyl (C=O) groups excluding carboxylic acids is 1. The van der Waals surface area contributed by atoms with Gasteiger partial charge in [0.2, 0.25) is 5.91 Å². The third kappa shape index (κ3) is 6.05. The second-order valence-electron chi connectivity index (χ2n) is 5.60. The second kappa shape index (κ2) is 7.63. The van der Waals surface area contributed by atoms with E-state index in [1.165, 1.54) is 25.0 Å². The number of halogens is 3. The van der Waals surface area contributed by atoms with Crippen molar-refractivity contribution in [2.24, 2.45) is 5.92 Å². The van der Waals surface area contributed by atoms with Gasteiger partial charge < -0.3 is 10.1 Å². The Bertz CT molecular complexity index is 498. The smallest absolute Gasteiger partial charge is 0.381 e. The van der Waals surface area contributed by atoms with Gasteiger partial charge in [-0.2, -0.15) is 13.2 Å². The Balaban J connectivity index is 1.65. The molecular formula is C16H20F3NO2. The number of hydrogen-bond acceptors (Lipinski definition) is 2. The van der Waals surface area contributed by atoms with Crippen molar-refractivity contribution in [3.05, 3.63) is 35.4 Å². The van der Waals surface area contributed by atoms with Gasteiger partial charge in [-0.1, -0.05) is 18.2 Å². The van der Waals surface area contributed by atoms with Crippen LogP contribution < -0.4 is 5.32 Å². The summed E-state index contributed by atoms with van der Waals surface area (Å²) in [5.41, 5.74) is -0.372. The average molecular weight is 315 g/mol. The molecule has 0 saturated heterocycles. The fourth-order valence-electron chi connectivity index (χ4n) is 2.04. The molecule has 0 radical (unpaired) electrons. The van der Waals surface area contributed by atoms with Crippen molar-refractivity contribution in [3.8, 4) is 0 Å². The molecule has 1 aromatic rings. The SMILES string of the molecule is O=C(Cc1cccc(C(F)(F)F)c1)NCCCOCC1CC1. The van der Waals surface area contributed by atoms with Crippen LogP contribution in [-0.2, 0) is 22.1 Å². The monoisotopic (exact) mass is 315 g/mol. The molecule has 0 atom stereocenters. The summed E-state index contributed by atoms with van der Waals surface area (Å²) in [5.74, 6) is 0.442. The van der Waals surface area contributed by atoms with Gasteiger partial charge in [-0.15, -0.1) is 0 Å². The molecule has 1 aromatic carbocycles. The summed E-state index contributed by atoms with van der Waals surface area (Å²) in [6.45, 7) is 1.86. The molecule has 1 saturated carbocycles. The van der Waals surface area contributed by atoms with Crippen LogP contribution in [0.25, 0.3) is 0 Å². The van der Waals surface area contributed by atoms with Crippen molar-refractivity contribution < 1.29 is 22.7 Å². The maximum absolute atomic E-state index is 12.6. The summed E-state index contributed by atoms with van der Waals surface area (Å²) >= 11 is 0. The van der Waals surface area contributed by atoms with E-state index in [9.17, 15) is 18.0 Å². The highest BCUT2D eigenvalue weighted by atomic mass is 19.4. The number of nitrogens with one attached hydrogen (secondary N) is 1. The molecule has 122 valence electrons. The van der Waals surface area contributed by atoms with Crippen LogP contribution in [0.5, 0.6) is 0 Å². The van der Waals surface area contributed by atoms with Gasteiger partial charge in [0.15, 0.2) is 0 Å². The van der Waals surface area contributed by atoms with Crippen LogP contribution in [0.2, 0.25) is 0 Å². The van der Waals surface area contributed by atoms with E-state index in [0.717, 1.165) is 24.7 Å². The normalized spacial score (nSPS) is 14.9. The summed E-state index contributed by atoms with van der Waals surface area (Å²) in [6.07, 6.45) is -1.24. The molecule has 1 N–H and O–H groups in total. The molecule has 0 bridgehead atoms. The fraction of sp³-hybridized carbons (Fsp3) is 0.562. The van der Waals surface area contributed by atoms with Crippen molar-refractivity contribution in [2.75, 3.05) is 19.8 Å². The number of ether oxygens (including phenoxy) is 1. The zero-order valence-corrected chi connectivity index (χ0v) is 12.3. The number of alkyl halides is 3. The van der Waals surface area contributed by atoms with Crippen LogP contribution in [0.4, 0.5) is 13.2 Å². The van der Waals surface area contributed by atoms with E-state index >= 15 is 0 Å². The Hall–Kier alpha value is -1.56. The first-order valence-electron chi connectivity index (χ1n) is 7.46. The summed E-state index contributed by atoms with van der Waals surface area (Å²) in [5, 5.41) is 2.69. The van der Waals surface area contributed by atoms with E-state index in [-0.39, 0.29) is 12.3 Å². The first kappa shape index (κ1) is 16.8. The van der Waals surface area contributed by atoms with Crippen molar-refractivity contribution in [1.82, 2.24) is 5.32 Å². The zero-order valence-electron chi connectivity index (χ0n) is 12.3. The molecular weight excluding hydrogens is 295 g/mol. The largest absolute Gasteiger partial charge is 0.416 e. The Morgan fingerprint density at radius 3 is 2.77 bits per heavy atom. The van der Waals surface area contributed by atoms with Gasteiger partial charge in [0, 0.05) is 19.8 Å². The molecule has 1 aliphatic carbocycles. The third-order valence-corrected chi connectivity index (χ3v) is 3.46. The highest BCUT2D eigenvalue weighted by Gasteiger charge is 2.30. The zero-order chi connectivity index (χ0) is 16.0. The van der Waals surface area contributed by atoms with Gasteiger partial charge in [-0.05, 0) is 36.8 Å². The van der Waals surface area contributed by atoms with Crippen molar-refractivity contribution in [3.63, 3.8) is 0 Å². The molecule has 0 aromatic heterocycles. The van der Waals surface area contributed by atoms with E-state index in [1.807, 2.05) is 0 Å². The molecule has 1 fully saturated rings. The van der Waals surface area contributed by atoms with E-state index in [0.29, 0.717) is 25.1 Å². The second-order valence-corrected chi connectivity index (χ2v) is 5.60. The van der Waals surface area contributed by atoms with Gasteiger partial charge in [-0.25, -0.2) is 0 Å². The van der Waals surface area contributed by atoms with Crippen molar-refractivity contribution in [2.45, 2.75) is 31.9 Å². The minimum atomic E-state index is -4.38. The summed E-state index contributed by atoms with van der Waals surface area (Å²) in [7, 11) is 0.